The number of nitrogens with one attached hydrogen (secondary N) is 1. The molecule has 0 bridgehead atoms. The molecule has 3 N–H and O–H groups in total. The van der Waals surface area contributed by atoms with Gasteiger partial charge in [-0.3, -0.25) is 4.79 Å². The Morgan fingerprint density at radius 1 is 1.17 bits per heavy atom. The van der Waals surface area contributed by atoms with E-state index in [4.69, 9.17) is 40.5 Å². The van der Waals surface area contributed by atoms with E-state index in [9.17, 15) is 18.5 Å². The number of hydrogen-bond acceptors (Lipinski definition) is 5. The lowest BCUT2D eigenvalue weighted by molar-refractivity contribution is -0.132. The molecule has 0 aliphatic heterocycles. The monoisotopic (exact) mass is 553 g/mol. The Morgan fingerprint density at radius 2 is 1.80 bits per heavy atom. The van der Waals surface area contributed by atoms with Gasteiger partial charge in [-0.25, -0.2) is 8.42 Å². The number of amides is 1. The lowest BCUT2D eigenvalue weighted by atomic mass is 10.1. The Kier molecular flexibility index (Phi) is 8.70. The first-order chi connectivity index (χ1) is 16.5. The zero-order valence-corrected chi connectivity index (χ0v) is 21.7. The van der Waals surface area contributed by atoms with Crippen LogP contribution < -0.4 is 10.5 Å². The summed E-state index contributed by atoms with van der Waals surface area (Å²) in [4.78, 5) is 14.5. The molecule has 3 rings (SSSR count). The van der Waals surface area contributed by atoms with Gasteiger partial charge in [0, 0.05) is 31.4 Å². The van der Waals surface area contributed by atoms with Crippen molar-refractivity contribution in [2.24, 2.45) is 0 Å². The molecular weight excluding hydrogens is 533 g/mol. The summed E-state index contributed by atoms with van der Waals surface area (Å²) in [5, 5.41) is 9.78. The van der Waals surface area contributed by atoms with Crippen LogP contribution in [0.3, 0.4) is 0 Å². The highest BCUT2D eigenvalue weighted by atomic mass is 35.5. The van der Waals surface area contributed by atoms with E-state index in [2.05, 4.69) is 10.8 Å². The van der Waals surface area contributed by atoms with Gasteiger partial charge in [-0.05, 0) is 48.4 Å². The van der Waals surface area contributed by atoms with Crippen LogP contribution in [0.4, 0.5) is 5.69 Å². The number of anilines is 1. The summed E-state index contributed by atoms with van der Waals surface area (Å²) in [6, 6.07) is 13.6. The molecular formula is C23H22Cl3N5O3S. The molecule has 2 aromatic carbocycles. The maximum absolute atomic E-state index is 13.4. The largest absolute Gasteiger partial charge is 0.396 e. The molecule has 0 aliphatic rings. The first-order valence-electron chi connectivity index (χ1n) is 10.3. The van der Waals surface area contributed by atoms with Gasteiger partial charge >= 0.3 is 0 Å². The predicted octanol–water partition coefficient (Wildman–Crippen LogP) is 4.30. The smallest absolute Gasteiger partial charge is 0.241 e. The number of aromatic nitrogens is 1. The van der Waals surface area contributed by atoms with Crippen molar-refractivity contribution in [3.8, 4) is 6.07 Å². The lowest BCUT2D eigenvalue weighted by Crippen LogP contribution is -2.47. The number of aryl methyl sites for hydroxylation is 1. The van der Waals surface area contributed by atoms with Crippen LogP contribution in [0.1, 0.15) is 17.7 Å². The van der Waals surface area contributed by atoms with Crippen molar-refractivity contribution in [2.45, 2.75) is 30.4 Å². The predicted molar refractivity (Wildman–Crippen MR) is 137 cm³/mol. The highest BCUT2D eigenvalue weighted by Gasteiger charge is 2.29. The highest BCUT2D eigenvalue weighted by molar-refractivity contribution is 7.89. The van der Waals surface area contributed by atoms with E-state index in [1.807, 2.05) is 0 Å². The summed E-state index contributed by atoms with van der Waals surface area (Å²) in [6.07, 6.45) is 1.77. The first-order valence-corrected chi connectivity index (χ1v) is 12.9. The molecule has 0 saturated heterocycles. The number of carbonyl (C=O) groups is 1. The summed E-state index contributed by atoms with van der Waals surface area (Å²) in [7, 11) is -2.62. The van der Waals surface area contributed by atoms with Crippen LogP contribution in [0.5, 0.6) is 0 Å². The normalized spacial score (nSPS) is 12.2. The molecule has 1 aromatic heterocycles. The minimum atomic E-state index is -4.20. The molecule has 35 heavy (non-hydrogen) atoms. The maximum Gasteiger partial charge on any atom is 0.241 e. The number of sulfonamides is 1. The zero-order chi connectivity index (χ0) is 25.8. The number of halogens is 3. The second-order valence-electron chi connectivity index (χ2n) is 7.78. The van der Waals surface area contributed by atoms with E-state index in [0.29, 0.717) is 10.7 Å². The molecule has 0 radical (unpaired) electrons. The van der Waals surface area contributed by atoms with Gasteiger partial charge in [-0.1, -0.05) is 46.9 Å². The topological polar surface area (TPSA) is 121 Å². The van der Waals surface area contributed by atoms with Crippen LogP contribution in [0.25, 0.3) is 0 Å². The number of nitriles is 1. The Bertz CT molecular complexity index is 1340. The van der Waals surface area contributed by atoms with Gasteiger partial charge in [-0.15, -0.1) is 0 Å². The summed E-state index contributed by atoms with van der Waals surface area (Å²) in [5.41, 5.74) is 6.99. The number of nitrogens with zero attached hydrogens (tertiary/aromatic N) is 3. The molecule has 0 fully saturated rings. The van der Waals surface area contributed by atoms with E-state index < -0.39 is 22.0 Å². The van der Waals surface area contributed by atoms with Crippen molar-refractivity contribution in [1.82, 2.24) is 14.2 Å². The van der Waals surface area contributed by atoms with Crippen molar-refractivity contribution in [2.75, 3.05) is 12.8 Å². The molecule has 0 aliphatic carbocycles. The fraction of sp³-hybridized carbons (Fsp3) is 0.217. The van der Waals surface area contributed by atoms with E-state index in [0.717, 1.165) is 5.56 Å². The van der Waals surface area contributed by atoms with E-state index >= 15 is 0 Å². The average molecular weight is 555 g/mol. The standard InChI is InChI=1S/C23H22Cl3N5O3S/c1-30(14-15-4-6-16(24)7-5-15)23(32)21(8-10-31-9-2-3-17(31)13-27)29-35(33,34)18-11-19(25)22(28)20(26)12-18/h2-7,9,11-12,21,29H,8,10,14,28H2,1H3. The number of hydrogen-bond donors (Lipinski definition) is 2. The van der Waals surface area contributed by atoms with Crippen LogP contribution in [0.2, 0.25) is 15.1 Å². The SMILES string of the molecule is CN(Cc1ccc(Cl)cc1)C(=O)C(CCn1cccc1C#N)NS(=O)(=O)c1cc(Cl)c(N)c(Cl)c1. The summed E-state index contributed by atoms with van der Waals surface area (Å²) >= 11 is 18.0. The molecule has 1 amide bonds. The Labute approximate surface area is 218 Å². The third-order valence-corrected chi connectivity index (χ3v) is 7.60. The summed E-state index contributed by atoms with van der Waals surface area (Å²) in [6.45, 7) is 0.466. The van der Waals surface area contributed by atoms with Crippen molar-refractivity contribution in [3.05, 3.63) is 81.1 Å². The molecule has 1 atom stereocenters. The van der Waals surface area contributed by atoms with E-state index in [1.165, 1.54) is 17.0 Å². The molecule has 3 aromatic rings. The molecule has 8 nitrogen and oxygen atoms in total. The minimum absolute atomic E-state index is 0.0217. The van der Waals surface area contributed by atoms with Gasteiger partial charge in [0.05, 0.1) is 20.6 Å². The number of rotatable bonds is 9. The molecule has 0 saturated carbocycles. The van der Waals surface area contributed by atoms with Gasteiger partial charge in [-0.2, -0.15) is 9.98 Å². The number of nitrogen functional groups attached to an aromatic ring is 1. The Morgan fingerprint density at radius 3 is 2.40 bits per heavy atom. The fourth-order valence-electron chi connectivity index (χ4n) is 3.39. The van der Waals surface area contributed by atoms with Crippen LogP contribution in [-0.4, -0.2) is 36.9 Å². The van der Waals surface area contributed by atoms with Gasteiger partial charge in [0.1, 0.15) is 17.8 Å². The Balaban J connectivity index is 1.87. The molecule has 1 unspecified atom stereocenters. The number of benzene rings is 2. The van der Waals surface area contributed by atoms with Crippen molar-refractivity contribution in [3.63, 3.8) is 0 Å². The molecule has 1 heterocycles. The third-order valence-electron chi connectivity index (χ3n) is 5.27. The van der Waals surface area contributed by atoms with Crippen molar-refractivity contribution >= 4 is 56.4 Å². The number of nitrogens with two attached hydrogens (primary N) is 1. The van der Waals surface area contributed by atoms with Crippen LogP contribution >= 0.6 is 34.8 Å². The zero-order valence-electron chi connectivity index (χ0n) is 18.6. The second kappa shape index (κ2) is 11.3. The minimum Gasteiger partial charge on any atom is -0.396 e. The van der Waals surface area contributed by atoms with E-state index in [-0.39, 0.29) is 40.1 Å². The second-order valence-corrected chi connectivity index (χ2v) is 10.7. The highest BCUT2D eigenvalue weighted by Crippen LogP contribution is 2.30. The van der Waals surface area contributed by atoms with Gasteiger partial charge in [0.25, 0.3) is 0 Å². The fourth-order valence-corrected chi connectivity index (χ4v) is 5.41. The quantitative estimate of drug-likeness (QED) is 0.382. The maximum atomic E-state index is 13.4. The summed E-state index contributed by atoms with van der Waals surface area (Å²) < 4.78 is 30.4. The molecule has 0 spiro atoms. The van der Waals surface area contributed by atoms with Crippen LogP contribution in [0.15, 0.2) is 59.6 Å². The molecule has 12 heteroatoms. The van der Waals surface area contributed by atoms with Gasteiger partial charge in [0.2, 0.25) is 15.9 Å². The van der Waals surface area contributed by atoms with Crippen LogP contribution in [-0.2, 0) is 27.9 Å². The van der Waals surface area contributed by atoms with Crippen molar-refractivity contribution < 1.29 is 13.2 Å². The van der Waals surface area contributed by atoms with Gasteiger partial charge in [0.15, 0.2) is 0 Å². The molecule has 184 valence electrons. The van der Waals surface area contributed by atoms with Crippen molar-refractivity contribution in [1.29, 1.82) is 5.26 Å². The lowest BCUT2D eigenvalue weighted by Gasteiger charge is -2.25. The van der Waals surface area contributed by atoms with Crippen LogP contribution in [0, 0.1) is 11.3 Å². The number of likely N-dealkylation sites (N-methyl/N-ethyl adjacent to an activating group) is 1. The Hall–Kier alpha value is -2.74. The van der Waals surface area contributed by atoms with Gasteiger partial charge < -0.3 is 15.2 Å². The van der Waals surface area contributed by atoms with E-state index in [1.54, 1.807) is 54.2 Å². The third kappa shape index (κ3) is 6.69. The summed E-state index contributed by atoms with van der Waals surface area (Å²) in [5.74, 6) is -0.457. The average Bonchev–Trinajstić information content (AvgIpc) is 3.28. The number of carbonyl (C=O) groups excluding carboxylic acids is 1. The first kappa shape index (κ1) is 26.9.